The minimum Gasteiger partial charge on any atom is -0.384 e. The van der Waals surface area contributed by atoms with Gasteiger partial charge >= 0.3 is 0 Å². The lowest BCUT2D eigenvalue weighted by Gasteiger charge is -2.45. The Bertz CT molecular complexity index is 838. The number of fused-ring (bicyclic) bond motifs is 2. The first-order chi connectivity index (χ1) is 11.8. The molecule has 25 heavy (non-hydrogen) atoms. The van der Waals surface area contributed by atoms with Crippen LogP contribution in [-0.4, -0.2) is 62.5 Å². The van der Waals surface area contributed by atoms with Crippen LogP contribution in [0.4, 0.5) is 0 Å². The molecule has 0 amide bonds. The van der Waals surface area contributed by atoms with Gasteiger partial charge in [-0.25, -0.2) is 0 Å². The summed E-state index contributed by atoms with van der Waals surface area (Å²) >= 11 is 0. The van der Waals surface area contributed by atoms with Crippen LogP contribution >= 0.6 is 0 Å². The molecule has 2 heterocycles. The molecule has 0 saturated carbocycles. The first kappa shape index (κ1) is 18.4. The number of likely N-dealkylation sites (tertiary alicyclic amines) is 1. The first-order valence-electron chi connectivity index (χ1n) is 8.48. The second kappa shape index (κ2) is 7.07. The van der Waals surface area contributed by atoms with Gasteiger partial charge in [-0.15, -0.1) is 0 Å². The Morgan fingerprint density at radius 1 is 1.40 bits per heavy atom. The van der Waals surface area contributed by atoms with E-state index in [1.807, 2.05) is 7.11 Å². The van der Waals surface area contributed by atoms with Crippen molar-refractivity contribution in [2.45, 2.75) is 24.8 Å². The number of hydrogen-bond acceptors (Lipinski definition) is 4. The van der Waals surface area contributed by atoms with E-state index in [2.05, 4.69) is 41.3 Å². The molecule has 0 radical (unpaired) electrons. The molecule has 3 atom stereocenters. The number of H-pyrrole nitrogens is 1. The van der Waals surface area contributed by atoms with Crippen LogP contribution in [0.3, 0.4) is 0 Å². The number of likely N-dealkylation sites (N-methyl/N-ethyl adjacent to an activating group) is 1. The van der Waals surface area contributed by atoms with Gasteiger partial charge in [-0.1, -0.05) is 12.1 Å². The molecule has 0 bridgehead atoms. The molecule has 4 rings (SSSR count). The summed E-state index contributed by atoms with van der Waals surface area (Å²) in [6.07, 6.45) is 5.36. The third-order valence-corrected chi connectivity index (χ3v) is 5.21. The number of piperidine rings is 1. The number of nitrogens with zero attached hydrogens (tertiary/aromatic N) is 1. The molecule has 1 aromatic carbocycles. The van der Waals surface area contributed by atoms with E-state index in [9.17, 15) is 8.42 Å². The molecule has 1 fully saturated rings. The summed E-state index contributed by atoms with van der Waals surface area (Å²) in [7, 11) is 0.426. The largest absolute Gasteiger partial charge is 0.384 e. The highest BCUT2D eigenvalue weighted by Crippen LogP contribution is 2.44. The van der Waals surface area contributed by atoms with Gasteiger partial charge in [0.1, 0.15) is 0 Å². The first-order valence-corrected chi connectivity index (χ1v) is 10.3. The minimum absolute atomic E-state index is 0.650. The molecule has 1 saturated heterocycles. The molecule has 6 nitrogen and oxygen atoms in total. The van der Waals surface area contributed by atoms with E-state index in [4.69, 9.17) is 9.29 Å². The molecule has 1 aliphatic heterocycles. The van der Waals surface area contributed by atoms with Gasteiger partial charge in [-0.05, 0) is 43.0 Å². The van der Waals surface area contributed by atoms with Crippen molar-refractivity contribution < 1.29 is 17.7 Å². The Balaban J connectivity index is 0.000000324. The van der Waals surface area contributed by atoms with E-state index in [1.54, 1.807) is 5.56 Å². The van der Waals surface area contributed by atoms with E-state index in [-0.39, 0.29) is 0 Å². The van der Waals surface area contributed by atoms with Crippen LogP contribution in [0.2, 0.25) is 0 Å². The summed E-state index contributed by atoms with van der Waals surface area (Å²) in [4.78, 5) is 5.99. The number of methoxy groups -OCH3 is 1. The van der Waals surface area contributed by atoms with Crippen molar-refractivity contribution in [3.63, 3.8) is 0 Å². The van der Waals surface area contributed by atoms with Crippen LogP contribution in [0.25, 0.3) is 10.9 Å². The fourth-order valence-corrected chi connectivity index (χ4v) is 4.41. The zero-order valence-corrected chi connectivity index (χ0v) is 15.7. The number of aromatic amines is 1. The summed E-state index contributed by atoms with van der Waals surface area (Å²) in [5.74, 6) is 1.31. The van der Waals surface area contributed by atoms with Crippen molar-refractivity contribution in [1.29, 1.82) is 0 Å². The predicted molar refractivity (Wildman–Crippen MR) is 98.6 cm³/mol. The predicted octanol–water partition coefficient (Wildman–Crippen LogP) is 2.28. The van der Waals surface area contributed by atoms with Gasteiger partial charge < -0.3 is 14.6 Å². The highest BCUT2D eigenvalue weighted by atomic mass is 32.2. The maximum atomic E-state index is 9.19. The minimum atomic E-state index is -3.67. The Labute approximate surface area is 148 Å². The quantitative estimate of drug-likeness (QED) is 0.797. The second-order valence-corrected chi connectivity index (χ2v) is 8.66. The topological polar surface area (TPSA) is 82.6 Å². The molecule has 1 aliphatic carbocycles. The normalized spacial score (nSPS) is 26.0. The average Bonchev–Trinajstić information content (AvgIpc) is 2.92. The van der Waals surface area contributed by atoms with Crippen molar-refractivity contribution >= 4 is 21.0 Å². The summed E-state index contributed by atoms with van der Waals surface area (Å²) in [6.45, 7) is 2.04. The smallest absolute Gasteiger partial charge is 0.261 e. The number of nitrogens with one attached hydrogen (secondary N) is 1. The standard InChI is InChI=1S/C17H22N2O.CH4O3S/c1-19-9-11(10-20-2)6-14-13-4-3-5-15-17(13)12(8-18-15)7-16(14)19;1-5(2,3)4/h3-5,8,11,14,16,18H,6-7,9-10H2,1-2H3;1H3,(H,2,3,4)/t11?,14-,16-;/m1./s1. The second-order valence-electron chi connectivity index (χ2n) is 7.19. The Morgan fingerprint density at radius 3 is 2.80 bits per heavy atom. The summed E-state index contributed by atoms with van der Waals surface area (Å²) < 4.78 is 31.3. The van der Waals surface area contributed by atoms with Gasteiger partial charge in [-0.3, -0.25) is 4.55 Å². The number of ether oxygens (including phenoxy) is 1. The van der Waals surface area contributed by atoms with E-state index < -0.39 is 10.1 Å². The van der Waals surface area contributed by atoms with Crippen molar-refractivity contribution in [3.8, 4) is 0 Å². The number of hydrogen-bond donors (Lipinski definition) is 2. The third-order valence-electron chi connectivity index (χ3n) is 5.21. The lowest BCUT2D eigenvalue weighted by atomic mass is 9.72. The molecule has 2 aromatic rings. The van der Waals surface area contributed by atoms with Crippen LogP contribution in [-0.2, 0) is 21.3 Å². The van der Waals surface area contributed by atoms with Gasteiger partial charge in [0.25, 0.3) is 10.1 Å². The summed E-state index contributed by atoms with van der Waals surface area (Å²) in [5.41, 5.74) is 4.34. The lowest BCUT2D eigenvalue weighted by Crippen LogP contribution is -2.48. The van der Waals surface area contributed by atoms with Gasteiger partial charge in [0.15, 0.2) is 0 Å². The molecular weight excluding hydrogens is 340 g/mol. The van der Waals surface area contributed by atoms with E-state index in [0.29, 0.717) is 24.1 Å². The number of benzene rings is 1. The van der Waals surface area contributed by atoms with Gasteiger partial charge in [0, 0.05) is 42.7 Å². The highest BCUT2D eigenvalue weighted by Gasteiger charge is 2.39. The zero-order chi connectivity index (χ0) is 18.2. The van der Waals surface area contributed by atoms with Crippen molar-refractivity contribution in [1.82, 2.24) is 9.88 Å². The Morgan fingerprint density at radius 2 is 2.12 bits per heavy atom. The number of aromatic nitrogens is 1. The maximum Gasteiger partial charge on any atom is 0.261 e. The molecule has 2 aliphatic rings. The Hall–Kier alpha value is -1.41. The lowest BCUT2D eigenvalue weighted by molar-refractivity contribution is 0.0587. The molecule has 138 valence electrons. The van der Waals surface area contributed by atoms with Crippen LogP contribution < -0.4 is 0 Å². The maximum absolute atomic E-state index is 9.19. The summed E-state index contributed by atoms with van der Waals surface area (Å²) in [5, 5.41) is 1.49. The van der Waals surface area contributed by atoms with Crippen LogP contribution in [0.1, 0.15) is 23.5 Å². The van der Waals surface area contributed by atoms with Gasteiger partial charge in [-0.2, -0.15) is 8.42 Å². The van der Waals surface area contributed by atoms with Gasteiger partial charge in [0.2, 0.25) is 0 Å². The van der Waals surface area contributed by atoms with Crippen LogP contribution in [0, 0.1) is 5.92 Å². The molecule has 2 N–H and O–H groups in total. The fraction of sp³-hybridized carbons (Fsp3) is 0.556. The SMILES string of the molecule is COCC1C[C@@H]2c3cccc4[nH]cc(c34)C[C@H]2N(C)C1.CS(=O)(=O)O. The molecular formula is C18H26N2O4S. The van der Waals surface area contributed by atoms with Crippen LogP contribution in [0.15, 0.2) is 24.4 Å². The molecule has 1 unspecified atom stereocenters. The van der Waals surface area contributed by atoms with Crippen molar-refractivity contribution in [3.05, 3.63) is 35.5 Å². The fourth-order valence-electron chi connectivity index (χ4n) is 4.41. The molecule has 1 aromatic heterocycles. The average molecular weight is 366 g/mol. The highest BCUT2D eigenvalue weighted by molar-refractivity contribution is 7.85. The van der Waals surface area contributed by atoms with E-state index >= 15 is 0 Å². The van der Waals surface area contributed by atoms with E-state index in [0.717, 1.165) is 13.2 Å². The van der Waals surface area contributed by atoms with Crippen molar-refractivity contribution in [2.75, 3.05) is 33.6 Å². The Kier molecular flexibility index (Phi) is 5.20. The monoisotopic (exact) mass is 366 g/mol. The molecule has 7 heteroatoms. The molecule has 0 spiro atoms. The van der Waals surface area contributed by atoms with E-state index in [1.165, 1.54) is 29.3 Å². The zero-order valence-electron chi connectivity index (χ0n) is 14.9. The van der Waals surface area contributed by atoms with Crippen molar-refractivity contribution in [2.24, 2.45) is 5.92 Å². The van der Waals surface area contributed by atoms with Gasteiger partial charge in [0.05, 0.1) is 12.9 Å². The summed E-state index contributed by atoms with van der Waals surface area (Å²) in [6, 6.07) is 7.37. The van der Waals surface area contributed by atoms with Crippen LogP contribution in [0.5, 0.6) is 0 Å². The third kappa shape index (κ3) is 4.06. The number of rotatable bonds is 2.